The molecule has 2 aliphatic rings. The minimum Gasteiger partial charge on any atom is -0.443 e. The van der Waals surface area contributed by atoms with E-state index in [0.717, 1.165) is 49.6 Å². The maximum Gasteiger partial charge on any atom is 0.410 e. The second kappa shape index (κ2) is 7.33. The maximum atomic E-state index is 11.5. The van der Waals surface area contributed by atoms with Crippen LogP contribution in [0, 0.1) is 0 Å². The highest BCUT2D eigenvalue weighted by atomic mass is 16.6. The Morgan fingerprint density at radius 3 is 2.69 bits per heavy atom. The number of rotatable bonds is 4. The van der Waals surface area contributed by atoms with Gasteiger partial charge in [-0.15, -0.1) is 0 Å². The predicted molar refractivity (Wildman–Crippen MR) is 94.4 cm³/mol. The molecule has 0 saturated carbocycles. The van der Waals surface area contributed by atoms with E-state index in [0.29, 0.717) is 12.5 Å². The van der Waals surface area contributed by atoms with Gasteiger partial charge in [-0.1, -0.05) is 0 Å². The van der Waals surface area contributed by atoms with E-state index in [2.05, 4.69) is 19.9 Å². The molecular weight excluding hydrogens is 332 g/mol. The van der Waals surface area contributed by atoms with Crippen LogP contribution in [0.5, 0.6) is 0 Å². The summed E-state index contributed by atoms with van der Waals surface area (Å²) in [6.07, 6.45) is 8.62. The first-order valence-electron chi connectivity index (χ1n) is 8.91. The van der Waals surface area contributed by atoms with Crippen LogP contribution in [-0.2, 0) is 4.74 Å². The number of piperidine rings is 1. The van der Waals surface area contributed by atoms with Crippen LogP contribution in [0.25, 0.3) is 11.3 Å². The van der Waals surface area contributed by atoms with Crippen molar-refractivity contribution in [1.82, 2.24) is 29.7 Å². The molecule has 2 aliphatic heterocycles. The Balaban J connectivity index is 1.36. The van der Waals surface area contributed by atoms with Crippen LogP contribution in [0.15, 0.2) is 31.0 Å². The number of likely N-dealkylation sites (N-methyl/N-ethyl adjacent to an activating group) is 1. The highest BCUT2D eigenvalue weighted by Crippen LogP contribution is 2.27. The zero-order valence-corrected chi connectivity index (χ0v) is 14.8. The summed E-state index contributed by atoms with van der Waals surface area (Å²) in [7, 11) is 1.77. The Morgan fingerprint density at radius 1 is 1.23 bits per heavy atom. The molecule has 2 saturated heterocycles. The van der Waals surface area contributed by atoms with Crippen molar-refractivity contribution in [2.45, 2.75) is 24.9 Å². The van der Waals surface area contributed by atoms with Gasteiger partial charge in [0.05, 0.1) is 12.2 Å². The van der Waals surface area contributed by atoms with Gasteiger partial charge >= 0.3 is 6.09 Å². The summed E-state index contributed by atoms with van der Waals surface area (Å²) in [4.78, 5) is 32.8. The van der Waals surface area contributed by atoms with Gasteiger partial charge in [-0.2, -0.15) is 0 Å². The minimum atomic E-state index is -0.222. The summed E-state index contributed by atoms with van der Waals surface area (Å²) in [6, 6.07) is 1.89. The van der Waals surface area contributed by atoms with Gasteiger partial charge in [0, 0.05) is 43.7 Å². The van der Waals surface area contributed by atoms with Gasteiger partial charge in [0.1, 0.15) is 18.3 Å². The van der Waals surface area contributed by atoms with Crippen LogP contribution in [0.2, 0.25) is 0 Å². The summed E-state index contributed by atoms with van der Waals surface area (Å²) in [5.41, 5.74) is 1.76. The van der Waals surface area contributed by atoms with E-state index in [4.69, 9.17) is 9.72 Å². The van der Waals surface area contributed by atoms with E-state index in [1.807, 2.05) is 12.3 Å². The second-order valence-corrected chi connectivity index (χ2v) is 6.89. The highest BCUT2D eigenvalue weighted by Gasteiger charge is 2.31. The summed E-state index contributed by atoms with van der Waals surface area (Å²) < 4.78 is 5.36. The zero-order chi connectivity index (χ0) is 17.9. The largest absolute Gasteiger partial charge is 0.443 e. The zero-order valence-electron chi connectivity index (χ0n) is 14.8. The maximum absolute atomic E-state index is 11.5. The standard InChI is InChI=1S/C18H22N6O2/c1-23-10-15(26-18(23)25)11-24-6-3-13(4-7-24)17-21-5-2-16(22-17)14-8-19-12-20-9-14/h2,5,8-9,12-13,15H,3-4,6-7,10-11H2,1H3/t15-/m1/s1. The van der Waals surface area contributed by atoms with Crippen molar-refractivity contribution in [2.24, 2.45) is 0 Å². The highest BCUT2D eigenvalue weighted by molar-refractivity contribution is 5.69. The van der Waals surface area contributed by atoms with Gasteiger partial charge in [0.2, 0.25) is 0 Å². The molecule has 1 amide bonds. The first-order chi connectivity index (χ1) is 12.7. The molecule has 2 fully saturated rings. The van der Waals surface area contributed by atoms with Gasteiger partial charge in [-0.3, -0.25) is 4.90 Å². The molecular formula is C18H22N6O2. The lowest BCUT2D eigenvalue weighted by molar-refractivity contribution is 0.0960. The fourth-order valence-electron chi connectivity index (χ4n) is 3.57. The van der Waals surface area contributed by atoms with Crippen LogP contribution in [-0.4, -0.2) is 75.2 Å². The summed E-state index contributed by atoms with van der Waals surface area (Å²) >= 11 is 0. The van der Waals surface area contributed by atoms with Gasteiger partial charge in [0.25, 0.3) is 0 Å². The van der Waals surface area contributed by atoms with E-state index in [9.17, 15) is 4.79 Å². The Hall–Kier alpha value is -2.61. The number of carbonyl (C=O) groups is 1. The molecule has 0 aliphatic carbocycles. The number of hydrogen-bond acceptors (Lipinski definition) is 7. The lowest BCUT2D eigenvalue weighted by atomic mass is 9.95. The lowest BCUT2D eigenvalue weighted by Gasteiger charge is -2.32. The quantitative estimate of drug-likeness (QED) is 0.824. The molecule has 136 valence electrons. The summed E-state index contributed by atoms with van der Waals surface area (Å²) in [5, 5.41) is 0. The molecule has 8 heteroatoms. The van der Waals surface area contributed by atoms with E-state index >= 15 is 0 Å². The molecule has 8 nitrogen and oxygen atoms in total. The molecule has 2 aromatic heterocycles. The van der Waals surface area contributed by atoms with Crippen LogP contribution in [0.4, 0.5) is 4.79 Å². The number of nitrogens with zero attached hydrogens (tertiary/aromatic N) is 6. The fraction of sp³-hybridized carbons (Fsp3) is 0.500. The average Bonchev–Trinajstić information content (AvgIpc) is 3.00. The van der Waals surface area contributed by atoms with Crippen molar-refractivity contribution >= 4 is 6.09 Å². The van der Waals surface area contributed by atoms with Crippen molar-refractivity contribution in [3.8, 4) is 11.3 Å². The van der Waals surface area contributed by atoms with Crippen LogP contribution in [0.3, 0.4) is 0 Å². The Bertz CT molecular complexity index is 763. The number of cyclic esters (lactones) is 1. The number of amides is 1. The van der Waals surface area contributed by atoms with Gasteiger partial charge < -0.3 is 9.64 Å². The SMILES string of the molecule is CN1C[C@H](CN2CCC(c3nccc(-c4cncnc4)n3)CC2)OC1=O. The number of carbonyl (C=O) groups excluding carboxylic acids is 1. The fourth-order valence-corrected chi connectivity index (χ4v) is 3.57. The molecule has 0 radical (unpaired) electrons. The number of aromatic nitrogens is 4. The van der Waals surface area contributed by atoms with Crippen molar-refractivity contribution in [1.29, 1.82) is 0 Å². The summed E-state index contributed by atoms with van der Waals surface area (Å²) in [5.74, 6) is 1.24. The topological polar surface area (TPSA) is 84.3 Å². The average molecular weight is 354 g/mol. The Kier molecular flexibility index (Phi) is 4.75. The molecule has 0 unspecified atom stereocenters. The minimum absolute atomic E-state index is 0.0262. The van der Waals surface area contributed by atoms with Crippen molar-refractivity contribution in [2.75, 3.05) is 33.2 Å². The molecule has 0 spiro atoms. The van der Waals surface area contributed by atoms with E-state index < -0.39 is 0 Å². The third-order valence-electron chi connectivity index (χ3n) is 5.00. The molecule has 26 heavy (non-hydrogen) atoms. The van der Waals surface area contributed by atoms with Crippen LogP contribution >= 0.6 is 0 Å². The molecule has 1 atom stereocenters. The van der Waals surface area contributed by atoms with E-state index in [1.165, 1.54) is 6.33 Å². The molecule has 0 bridgehead atoms. The number of likely N-dealkylation sites (tertiary alicyclic amines) is 1. The third kappa shape index (κ3) is 3.65. The first kappa shape index (κ1) is 16.8. The number of ether oxygens (including phenoxy) is 1. The van der Waals surface area contributed by atoms with Gasteiger partial charge in [-0.25, -0.2) is 24.7 Å². The first-order valence-corrected chi connectivity index (χ1v) is 8.91. The second-order valence-electron chi connectivity index (χ2n) is 6.89. The van der Waals surface area contributed by atoms with Crippen LogP contribution < -0.4 is 0 Å². The van der Waals surface area contributed by atoms with Crippen molar-refractivity contribution < 1.29 is 9.53 Å². The lowest BCUT2D eigenvalue weighted by Crippen LogP contribution is -2.39. The summed E-state index contributed by atoms with van der Waals surface area (Å²) in [6.45, 7) is 3.39. The smallest absolute Gasteiger partial charge is 0.410 e. The van der Waals surface area contributed by atoms with Gasteiger partial charge in [-0.05, 0) is 32.0 Å². The predicted octanol–water partition coefficient (Wildman–Crippen LogP) is 1.56. The molecule has 0 aromatic carbocycles. The third-order valence-corrected chi connectivity index (χ3v) is 5.00. The molecule has 4 rings (SSSR count). The van der Waals surface area contributed by atoms with Gasteiger partial charge in [0.15, 0.2) is 0 Å². The van der Waals surface area contributed by atoms with E-state index in [1.54, 1.807) is 24.3 Å². The molecule has 4 heterocycles. The Labute approximate surface area is 152 Å². The molecule has 0 N–H and O–H groups in total. The van der Waals surface area contributed by atoms with E-state index in [-0.39, 0.29) is 12.2 Å². The van der Waals surface area contributed by atoms with Crippen LogP contribution in [0.1, 0.15) is 24.6 Å². The van der Waals surface area contributed by atoms with Crippen molar-refractivity contribution in [3.63, 3.8) is 0 Å². The monoisotopic (exact) mass is 354 g/mol. The molecule has 2 aromatic rings. The number of hydrogen-bond donors (Lipinski definition) is 0. The van der Waals surface area contributed by atoms with Crippen molar-refractivity contribution in [3.05, 3.63) is 36.8 Å². The normalized spacial score (nSPS) is 21.8. The Morgan fingerprint density at radius 2 is 2.00 bits per heavy atom.